The molecule has 0 unspecified atom stereocenters. The van der Waals surface area contributed by atoms with Gasteiger partial charge in [0.15, 0.2) is 15.9 Å². The summed E-state index contributed by atoms with van der Waals surface area (Å²) in [4.78, 5) is 25.2. The summed E-state index contributed by atoms with van der Waals surface area (Å²) < 4.78 is 28.1. The van der Waals surface area contributed by atoms with Crippen LogP contribution in [0.1, 0.15) is 30.6 Å². The average Bonchev–Trinajstić information content (AvgIpc) is 2.86. The van der Waals surface area contributed by atoms with Gasteiger partial charge in [0.1, 0.15) is 0 Å². The maximum absolute atomic E-state index is 12.3. The van der Waals surface area contributed by atoms with Crippen molar-refractivity contribution in [2.75, 3.05) is 17.3 Å². The van der Waals surface area contributed by atoms with Crippen LogP contribution in [-0.2, 0) is 19.4 Å². The van der Waals surface area contributed by atoms with Gasteiger partial charge in [-0.15, -0.1) is 11.8 Å². The molecule has 6 nitrogen and oxygen atoms in total. The number of hydrogen-bond donors (Lipinski definition) is 1. The zero-order valence-electron chi connectivity index (χ0n) is 13.7. The normalized spacial score (nSPS) is 20.3. The van der Waals surface area contributed by atoms with Gasteiger partial charge in [0.2, 0.25) is 0 Å². The maximum Gasteiger partial charge on any atom is 0.340 e. The van der Waals surface area contributed by atoms with E-state index in [1.807, 2.05) is 19.1 Å². The molecule has 2 rings (SSSR count). The lowest BCUT2D eigenvalue weighted by molar-refractivity contribution is -0.129. The molecule has 1 saturated heterocycles. The number of carbonyl (C=O) groups excluding carboxylic acids is 2. The molecule has 1 aliphatic rings. The van der Waals surface area contributed by atoms with Crippen molar-refractivity contribution < 1.29 is 22.7 Å². The van der Waals surface area contributed by atoms with Gasteiger partial charge in [-0.25, -0.2) is 13.2 Å². The minimum Gasteiger partial charge on any atom is -0.449 e. The Kier molecular flexibility index (Phi) is 6.28. The van der Waals surface area contributed by atoms with Crippen molar-refractivity contribution in [2.24, 2.45) is 0 Å². The second-order valence-corrected chi connectivity index (χ2v) is 9.12. The molecule has 1 fully saturated rings. The molecule has 2 atom stereocenters. The molecule has 0 aliphatic carbocycles. The summed E-state index contributed by atoms with van der Waals surface area (Å²) in [6.45, 7) is 3.46. The quantitative estimate of drug-likeness (QED) is 0.604. The van der Waals surface area contributed by atoms with Crippen LogP contribution in [0, 0.1) is 0 Å². The zero-order chi connectivity index (χ0) is 17.7. The first-order valence-corrected chi connectivity index (χ1v) is 10.6. The number of esters is 1. The molecule has 1 amide bonds. The van der Waals surface area contributed by atoms with E-state index in [9.17, 15) is 18.0 Å². The highest BCUT2D eigenvalue weighted by atomic mass is 32.2. The Morgan fingerprint density at radius 1 is 1.38 bits per heavy atom. The predicted octanol–water partition coefficient (Wildman–Crippen LogP) is 1.65. The molecule has 1 heterocycles. The standard InChI is InChI=1S/C16H21NO5S2/c1-3-23-14-7-5-4-6-13(14)16(19)22-11(2)15(18)17-12-8-9-24(20,21)10-12/h4-7,11-12H,3,8-10H2,1-2H3,(H,17,18)/t11-,12-/m1/s1. The van der Waals surface area contributed by atoms with Gasteiger partial charge < -0.3 is 10.1 Å². The summed E-state index contributed by atoms with van der Waals surface area (Å²) >= 11 is 1.52. The van der Waals surface area contributed by atoms with E-state index in [0.717, 1.165) is 10.6 Å². The van der Waals surface area contributed by atoms with Crippen LogP contribution in [-0.4, -0.2) is 49.7 Å². The first-order valence-electron chi connectivity index (χ1n) is 7.76. The number of carbonyl (C=O) groups is 2. The van der Waals surface area contributed by atoms with Crippen molar-refractivity contribution in [3.05, 3.63) is 29.8 Å². The van der Waals surface area contributed by atoms with E-state index < -0.39 is 33.9 Å². The fourth-order valence-corrected chi connectivity index (χ4v) is 4.89. The van der Waals surface area contributed by atoms with Crippen LogP contribution < -0.4 is 5.32 Å². The fourth-order valence-electron chi connectivity index (χ4n) is 2.42. The second-order valence-electron chi connectivity index (χ2n) is 5.59. The van der Waals surface area contributed by atoms with Crippen LogP contribution in [0.3, 0.4) is 0 Å². The molecule has 1 aliphatic heterocycles. The minimum atomic E-state index is -3.07. The summed E-state index contributed by atoms with van der Waals surface area (Å²) in [5.41, 5.74) is 0.424. The van der Waals surface area contributed by atoms with Crippen molar-refractivity contribution >= 4 is 33.5 Å². The molecule has 0 bridgehead atoms. The molecule has 8 heteroatoms. The van der Waals surface area contributed by atoms with Crippen LogP contribution in [0.25, 0.3) is 0 Å². The van der Waals surface area contributed by atoms with Gasteiger partial charge in [-0.1, -0.05) is 19.1 Å². The number of rotatable bonds is 6. The van der Waals surface area contributed by atoms with E-state index in [4.69, 9.17) is 4.74 Å². The van der Waals surface area contributed by atoms with Crippen molar-refractivity contribution in [1.82, 2.24) is 5.32 Å². The SMILES string of the molecule is CCSc1ccccc1C(=O)O[C@H](C)C(=O)N[C@@H]1CCS(=O)(=O)C1. The molecule has 1 N–H and O–H groups in total. The number of amides is 1. The topological polar surface area (TPSA) is 89.5 Å². The van der Waals surface area contributed by atoms with E-state index in [2.05, 4.69) is 5.32 Å². The Hall–Kier alpha value is -1.54. The molecule has 132 valence electrons. The number of ether oxygens (including phenoxy) is 1. The highest BCUT2D eigenvalue weighted by Crippen LogP contribution is 2.23. The van der Waals surface area contributed by atoms with Gasteiger partial charge in [0, 0.05) is 10.9 Å². The number of benzene rings is 1. The van der Waals surface area contributed by atoms with E-state index in [1.165, 1.54) is 18.7 Å². The summed E-state index contributed by atoms with van der Waals surface area (Å²) in [5.74, 6) is -0.209. The molecular formula is C16H21NO5S2. The second kappa shape index (κ2) is 8.02. The van der Waals surface area contributed by atoms with E-state index in [0.29, 0.717) is 12.0 Å². The van der Waals surface area contributed by atoms with Crippen molar-refractivity contribution in [2.45, 2.75) is 37.3 Å². The van der Waals surface area contributed by atoms with Crippen LogP contribution >= 0.6 is 11.8 Å². The monoisotopic (exact) mass is 371 g/mol. The molecule has 1 aromatic carbocycles. The van der Waals surface area contributed by atoms with Gasteiger partial charge in [-0.05, 0) is 31.2 Å². The Balaban J connectivity index is 1.95. The molecule has 0 saturated carbocycles. The summed E-state index contributed by atoms with van der Waals surface area (Å²) in [6, 6.07) is 6.66. The van der Waals surface area contributed by atoms with Crippen LogP contribution in [0.15, 0.2) is 29.2 Å². The van der Waals surface area contributed by atoms with Crippen LogP contribution in [0.4, 0.5) is 0 Å². The lowest BCUT2D eigenvalue weighted by atomic mass is 10.2. The average molecular weight is 371 g/mol. The van der Waals surface area contributed by atoms with Gasteiger partial charge in [-0.2, -0.15) is 0 Å². The summed E-state index contributed by atoms with van der Waals surface area (Å²) in [6.07, 6.45) is -0.592. The third-order valence-corrected chi connectivity index (χ3v) is 6.36. The minimum absolute atomic E-state index is 0.0601. The third-order valence-electron chi connectivity index (χ3n) is 3.64. The summed E-state index contributed by atoms with van der Waals surface area (Å²) in [7, 11) is -3.07. The molecule has 1 aromatic rings. The zero-order valence-corrected chi connectivity index (χ0v) is 15.3. The molecule has 24 heavy (non-hydrogen) atoms. The number of hydrogen-bond acceptors (Lipinski definition) is 6. The Bertz CT molecular complexity index is 717. The smallest absolute Gasteiger partial charge is 0.340 e. The maximum atomic E-state index is 12.3. The number of nitrogens with one attached hydrogen (secondary N) is 1. The van der Waals surface area contributed by atoms with E-state index >= 15 is 0 Å². The van der Waals surface area contributed by atoms with Gasteiger partial charge in [0.05, 0.1) is 17.1 Å². The van der Waals surface area contributed by atoms with Crippen LogP contribution in [0.2, 0.25) is 0 Å². The lowest BCUT2D eigenvalue weighted by Gasteiger charge is -2.17. The molecule has 0 aromatic heterocycles. The molecule has 0 radical (unpaired) electrons. The molecule has 0 spiro atoms. The molecular weight excluding hydrogens is 350 g/mol. The van der Waals surface area contributed by atoms with E-state index in [1.54, 1.807) is 12.1 Å². The predicted molar refractivity (Wildman–Crippen MR) is 92.9 cm³/mol. The first kappa shape index (κ1) is 18.8. The first-order chi connectivity index (χ1) is 11.3. The number of thioether (sulfide) groups is 1. The largest absolute Gasteiger partial charge is 0.449 e. The highest BCUT2D eigenvalue weighted by molar-refractivity contribution is 7.99. The van der Waals surface area contributed by atoms with E-state index in [-0.39, 0.29) is 11.5 Å². The Morgan fingerprint density at radius 3 is 2.71 bits per heavy atom. The van der Waals surface area contributed by atoms with Crippen LogP contribution in [0.5, 0.6) is 0 Å². The summed E-state index contributed by atoms with van der Waals surface area (Å²) in [5, 5.41) is 2.63. The number of sulfone groups is 1. The van der Waals surface area contributed by atoms with Crippen molar-refractivity contribution in [3.8, 4) is 0 Å². The van der Waals surface area contributed by atoms with Gasteiger partial charge in [0.25, 0.3) is 5.91 Å². The van der Waals surface area contributed by atoms with Gasteiger partial charge in [-0.3, -0.25) is 4.79 Å². The Morgan fingerprint density at radius 2 is 2.08 bits per heavy atom. The Labute approximate surface area is 146 Å². The van der Waals surface area contributed by atoms with Crippen molar-refractivity contribution in [1.29, 1.82) is 0 Å². The van der Waals surface area contributed by atoms with Crippen molar-refractivity contribution in [3.63, 3.8) is 0 Å². The lowest BCUT2D eigenvalue weighted by Crippen LogP contribution is -2.42. The third kappa shape index (κ3) is 4.98. The van der Waals surface area contributed by atoms with Gasteiger partial charge >= 0.3 is 5.97 Å². The fraction of sp³-hybridized carbons (Fsp3) is 0.500. The highest BCUT2D eigenvalue weighted by Gasteiger charge is 2.31.